The number of carbonyl (C=O) groups excluding carboxylic acids is 1. The summed E-state index contributed by atoms with van der Waals surface area (Å²) in [5, 5.41) is 119. The van der Waals surface area contributed by atoms with Gasteiger partial charge in [-0.15, -0.1) is 0 Å². The van der Waals surface area contributed by atoms with Crippen molar-refractivity contribution in [2.45, 2.75) is 175 Å². The minimum atomic E-state index is -1.86. The van der Waals surface area contributed by atoms with Crippen LogP contribution < -0.4 is 0 Å². The fourth-order valence-corrected chi connectivity index (χ4v) is 12.9. The van der Waals surface area contributed by atoms with Gasteiger partial charge in [-0.3, -0.25) is 0 Å². The third-order valence-electron chi connectivity index (χ3n) is 16.3. The molecule has 0 spiro atoms. The highest BCUT2D eigenvalue weighted by Crippen LogP contribution is 2.70. The minimum Gasteiger partial charge on any atom is -0.458 e. The lowest BCUT2D eigenvalue weighted by Gasteiger charge is -2.64. The Kier molecular flexibility index (Phi) is 12.9. The number of hydrogen-bond acceptors (Lipinski definition) is 19. The standard InChI is InChI=1S/C41H64O19/c1-17-34(59-38-33(52)30(49)35(25(14-43)58-38)60-37-31(50)28(47)27(46)24(13-42)57-37)29(48)32(51)36(55-17)56-20-5-9-40(16-44)19(12-20)3-4-23-22(40)6-8-39(2)21(7-10-41(23,39)53)18-11-26(45)54-15-18/h11,17,19-25,27-38,42-44,46-53H,3-10,12-16H2,1-2H3. The topological polar surface area (TPSA) is 304 Å². The van der Waals surface area contributed by atoms with E-state index in [9.17, 15) is 61.0 Å². The third-order valence-corrected chi connectivity index (χ3v) is 16.3. The number of esters is 1. The van der Waals surface area contributed by atoms with E-state index in [1.165, 1.54) is 0 Å². The van der Waals surface area contributed by atoms with Crippen LogP contribution in [-0.4, -0.2) is 192 Å². The Bertz CT molecular complexity index is 1560. The van der Waals surface area contributed by atoms with Crippen molar-refractivity contribution in [1.29, 1.82) is 0 Å². The van der Waals surface area contributed by atoms with Crippen LogP contribution in [0.5, 0.6) is 0 Å². The number of aliphatic hydroxyl groups excluding tert-OH is 10. The summed E-state index contributed by atoms with van der Waals surface area (Å²) >= 11 is 0. The second-order valence-corrected chi connectivity index (χ2v) is 19.0. The number of carbonyl (C=O) groups is 1. The number of rotatable bonds is 10. The summed E-state index contributed by atoms with van der Waals surface area (Å²) in [5.74, 6) is -0.0804. The summed E-state index contributed by atoms with van der Waals surface area (Å²) in [4.78, 5) is 11.9. The molecule has 4 saturated carbocycles. The van der Waals surface area contributed by atoms with Crippen molar-refractivity contribution >= 4 is 5.97 Å². The van der Waals surface area contributed by atoms with Crippen molar-refractivity contribution in [2.75, 3.05) is 26.4 Å². The molecule has 8 aliphatic rings. The molecule has 0 radical (unpaired) electrons. The van der Waals surface area contributed by atoms with Crippen molar-refractivity contribution in [3.8, 4) is 0 Å². The highest BCUT2D eigenvalue weighted by Gasteiger charge is 2.68. The van der Waals surface area contributed by atoms with Gasteiger partial charge in [0.15, 0.2) is 18.9 Å². The van der Waals surface area contributed by atoms with Crippen LogP contribution in [0.2, 0.25) is 0 Å². The molecule has 19 nitrogen and oxygen atoms in total. The van der Waals surface area contributed by atoms with Gasteiger partial charge in [-0.05, 0) is 99.4 Å². The van der Waals surface area contributed by atoms with Crippen molar-refractivity contribution < 1.29 is 94.1 Å². The molecule has 4 heterocycles. The van der Waals surface area contributed by atoms with Gasteiger partial charge in [0.1, 0.15) is 73.8 Å². The maximum atomic E-state index is 12.6. The molecular weight excluding hydrogens is 796 g/mol. The first-order valence-electron chi connectivity index (χ1n) is 21.6. The number of cyclic esters (lactones) is 1. The predicted octanol–water partition coefficient (Wildman–Crippen LogP) is -2.92. The van der Waals surface area contributed by atoms with Gasteiger partial charge in [0, 0.05) is 18.1 Å². The summed E-state index contributed by atoms with van der Waals surface area (Å²) in [6.07, 6.45) is -15.8. The molecule has 19 heteroatoms. The smallest absolute Gasteiger partial charge is 0.331 e. The number of hydrogen-bond donors (Lipinski definition) is 11. The summed E-state index contributed by atoms with van der Waals surface area (Å²) < 4.78 is 40.3. The number of aliphatic hydroxyl groups is 11. The fraction of sp³-hybridized carbons (Fsp3) is 0.927. The van der Waals surface area contributed by atoms with E-state index in [0.717, 1.165) is 37.7 Å². The average Bonchev–Trinajstić information content (AvgIpc) is 3.79. The summed E-state index contributed by atoms with van der Waals surface area (Å²) in [7, 11) is 0. The molecule has 342 valence electrons. The maximum absolute atomic E-state index is 12.6. The van der Waals surface area contributed by atoms with Crippen LogP contribution in [0.25, 0.3) is 0 Å². The fourth-order valence-electron chi connectivity index (χ4n) is 12.9. The Balaban J connectivity index is 0.876. The van der Waals surface area contributed by atoms with E-state index >= 15 is 0 Å². The molecule has 4 aliphatic heterocycles. The molecule has 3 saturated heterocycles. The van der Waals surface area contributed by atoms with Crippen LogP contribution in [0.15, 0.2) is 11.6 Å². The zero-order valence-corrected chi connectivity index (χ0v) is 34.0. The third kappa shape index (κ3) is 7.30. The van der Waals surface area contributed by atoms with Gasteiger partial charge < -0.3 is 89.3 Å². The Morgan fingerprint density at radius 1 is 0.683 bits per heavy atom. The van der Waals surface area contributed by atoms with E-state index in [0.29, 0.717) is 25.7 Å². The van der Waals surface area contributed by atoms with E-state index in [-0.39, 0.29) is 49.0 Å². The first-order chi connectivity index (χ1) is 28.5. The Morgan fingerprint density at radius 2 is 1.32 bits per heavy atom. The minimum absolute atomic E-state index is 0.00142. The molecule has 4 aliphatic carbocycles. The molecule has 0 aromatic carbocycles. The Hall–Kier alpha value is -1.47. The van der Waals surface area contributed by atoms with Crippen molar-refractivity contribution in [1.82, 2.24) is 0 Å². The van der Waals surface area contributed by atoms with E-state index in [1.807, 2.05) is 0 Å². The first-order valence-corrected chi connectivity index (χ1v) is 21.6. The molecule has 23 atom stereocenters. The second kappa shape index (κ2) is 17.2. The van der Waals surface area contributed by atoms with Crippen LogP contribution in [0, 0.1) is 34.5 Å². The maximum Gasteiger partial charge on any atom is 0.331 e. The van der Waals surface area contributed by atoms with Crippen LogP contribution in [0.3, 0.4) is 0 Å². The summed E-state index contributed by atoms with van der Waals surface area (Å²) in [5.41, 5.74) is -0.786. The van der Waals surface area contributed by atoms with Crippen LogP contribution >= 0.6 is 0 Å². The lowest BCUT2D eigenvalue weighted by molar-refractivity contribution is -0.379. The highest BCUT2D eigenvalue weighted by molar-refractivity contribution is 5.85. The van der Waals surface area contributed by atoms with Gasteiger partial charge in [-0.2, -0.15) is 0 Å². The monoisotopic (exact) mass is 860 g/mol. The zero-order valence-electron chi connectivity index (χ0n) is 34.0. The van der Waals surface area contributed by atoms with Gasteiger partial charge >= 0.3 is 5.97 Å². The van der Waals surface area contributed by atoms with E-state index in [2.05, 4.69) is 6.92 Å². The predicted molar refractivity (Wildman–Crippen MR) is 200 cm³/mol. The quantitative estimate of drug-likeness (QED) is 0.0775. The average molecular weight is 861 g/mol. The lowest BCUT2D eigenvalue weighted by atomic mass is 9.43. The molecule has 23 unspecified atom stereocenters. The van der Waals surface area contributed by atoms with Gasteiger partial charge in [0.25, 0.3) is 0 Å². The molecule has 0 amide bonds. The van der Waals surface area contributed by atoms with Crippen molar-refractivity contribution in [3.63, 3.8) is 0 Å². The van der Waals surface area contributed by atoms with E-state index in [4.69, 9.17) is 33.2 Å². The van der Waals surface area contributed by atoms with Gasteiger partial charge in [-0.1, -0.05) is 6.92 Å². The Morgan fingerprint density at radius 3 is 1.97 bits per heavy atom. The molecule has 0 aromatic rings. The lowest BCUT2D eigenvalue weighted by Crippen LogP contribution is -2.66. The van der Waals surface area contributed by atoms with Crippen LogP contribution in [0.4, 0.5) is 0 Å². The number of ether oxygens (including phenoxy) is 7. The molecule has 11 N–H and O–H groups in total. The molecule has 0 aromatic heterocycles. The largest absolute Gasteiger partial charge is 0.458 e. The van der Waals surface area contributed by atoms with Gasteiger partial charge in [-0.25, -0.2) is 4.79 Å². The molecular formula is C41H64O19. The molecule has 7 fully saturated rings. The van der Waals surface area contributed by atoms with Crippen LogP contribution in [0.1, 0.15) is 71.6 Å². The van der Waals surface area contributed by atoms with E-state index < -0.39 is 122 Å². The zero-order chi connectivity index (χ0) is 43.1. The van der Waals surface area contributed by atoms with Gasteiger partial charge in [0.05, 0.1) is 31.0 Å². The van der Waals surface area contributed by atoms with E-state index in [1.54, 1.807) is 13.0 Å². The van der Waals surface area contributed by atoms with Crippen LogP contribution in [-0.2, 0) is 38.0 Å². The normalized spacial score (nSPS) is 54.4. The molecule has 0 bridgehead atoms. The van der Waals surface area contributed by atoms with Crippen molar-refractivity contribution in [3.05, 3.63) is 11.6 Å². The number of fused-ring (bicyclic) bond motifs is 5. The summed E-state index contributed by atoms with van der Waals surface area (Å²) in [6.45, 7) is 2.46. The molecule has 8 rings (SSSR count). The van der Waals surface area contributed by atoms with Crippen molar-refractivity contribution in [2.24, 2.45) is 34.5 Å². The second-order valence-electron chi connectivity index (χ2n) is 19.0. The highest BCUT2D eigenvalue weighted by atomic mass is 16.8. The Labute approximate surface area is 347 Å². The van der Waals surface area contributed by atoms with Gasteiger partial charge in [0.2, 0.25) is 0 Å². The first kappa shape index (κ1) is 45.1. The molecule has 60 heavy (non-hydrogen) atoms. The summed E-state index contributed by atoms with van der Waals surface area (Å²) in [6, 6.07) is 0. The SMILES string of the molecule is CC1OC(OC2CCC3(CO)C(CCC4C3CCC3(C)C(C5=CC(=O)OC5)CCC43O)C2)C(O)C(O)C1OC1OC(CO)C(OC2OC(CO)C(O)C(O)C2O)C(O)C1O.